The number of rotatable bonds is 6. The van der Waals surface area contributed by atoms with E-state index in [1.165, 1.54) is 12.8 Å². The molecule has 1 unspecified atom stereocenters. The van der Waals surface area contributed by atoms with Crippen LogP contribution in [-0.4, -0.2) is 38.6 Å². The first kappa shape index (κ1) is 10.8. The fraction of sp³-hybridized carbons (Fsp3) is 0.778. The lowest BCUT2D eigenvalue weighted by Crippen LogP contribution is -2.37. The molecule has 1 aliphatic rings. The van der Waals surface area contributed by atoms with Crippen molar-refractivity contribution in [3.05, 3.63) is 6.20 Å². The SMILES string of the molecule is CC1(NCC(O)COc2cnsn2)CC1. The molecule has 1 heterocycles. The smallest absolute Gasteiger partial charge is 0.245 e. The zero-order valence-electron chi connectivity index (χ0n) is 8.64. The normalized spacial score (nSPS) is 19.9. The number of hydrogen-bond donors (Lipinski definition) is 2. The van der Waals surface area contributed by atoms with Crippen LogP contribution in [0.2, 0.25) is 0 Å². The van der Waals surface area contributed by atoms with Gasteiger partial charge in [-0.3, -0.25) is 0 Å². The van der Waals surface area contributed by atoms with E-state index in [0.29, 0.717) is 12.4 Å². The van der Waals surface area contributed by atoms with Crippen LogP contribution in [0.5, 0.6) is 5.88 Å². The molecule has 1 fully saturated rings. The summed E-state index contributed by atoms with van der Waals surface area (Å²) in [7, 11) is 0. The Morgan fingerprint density at radius 2 is 2.53 bits per heavy atom. The summed E-state index contributed by atoms with van der Waals surface area (Å²) in [4.78, 5) is 0. The lowest BCUT2D eigenvalue weighted by Gasteiger charge is -2.15. The number of β-amino-alcohol motifs (C(OH)–C–C–N with tert-alkyl or cyclic N) is 1. The zero-order valence-corrected chi connectivity index (χ0v) is 9.46. The topological polar surface area (TPSA) is 67.3 Å². The van der Waals surface area contributed by atoms with Crippen molar-refractivity contribution >= 4 is 11.7 Å². The van der Waals surface area contributed by atoms with E-state index in [4.69, 9.17) is 4.74 Å². The lowest BCUT2D eigenvalue weighted by molar-refractivity contribution is 0.101. The summed E-state index contributed by atoms with van der Waals surface area (Å²) in [5.41, 5.74) is 0.253. The minimum atomic E-state index is -0.496. The predicted octanol–water partition coefficient (Wildman–Crippen LogP) is 0.420. The molecule has 2 rings (SSSR count). The van der Waals surface area contributed by atoms with Gasteiger partial charge in [0, 0.05) is 12.1 Å². The van der Waals surface area contributed by atoms with Crippen molar-refractivity contribution in [1.82, 2.24) is 14.1 Å². The van der Waals surface area contributed by atoms with E-state index in [1.807, 2.05) is 0 Å². The second-order valence-corrected chi connectivity index (χ2v) is 4.71. The Morgan fingerprint density at radius 3 is 3.13 bits per heavy atom. The molecule has 15 heavy (non-hydrogen) atoms. The molecule has 1 aliphatic carbocycles. The molecule has 0 radical (unpaired) electrons. The van der Waals surface area contributed by atoms with Crippen LogP contribution in [0.25, 0.3) is 0 Å². The molecule has 5 nitrogen and oxygen atoms in total. The Balaban J connectivity index is 1.62. The van der Waals surface area contributed by atoms with Crippen molar-refractivity contribution < 1.29 is 9.84 Å². The Labute approximate surface area is 92.8 Å². The van der Waals surface area contributed by atoms with Crippen LogP contribution in [-0.2, 0) is 0 Å². The second kappa shape index (κ2) is 4.42. The highest BCUT2D eigenvalue weighted by atomic mass is 32.1. The molecular formula is C9H15N3O2S. The quantitative estimate of drug-likeness (QED) is 0.740. The minimum Gasteiger partial charge on any atom is -0.473 e. The third-order valence-corrected chi connectivity index (χ3v) is 2.99. The van der Waals surface area contributed by atoms with Gasteiger partial charge in [0.05, 0.1) is 11.7 Å². The first-order chi connectivity index (χ1) is 7.18. The number of ether oxygens (including phenoxy) is 1. The van der Waals surface area contributed by atoms with E-state index in [0.717, 1.165) is 11.7 Å². The Kier molecular flexibility index (Phi) is 3.18. The number of hydrogen-bond acceptors (Lipinski definition) is 6. The van der Waals surface area contributed by atoms with Crippen LogP contribution in [0.3, 0.4) is 0 Å². The fourth-order valence-electron chi connectivity index (χ4n) is 1.19. The van der Waals surface area contributed by atoms with Gasteiger partial charge in [0.1, 0.15) is 18.9 Å². The Hall–Kier alpha value is -0.720. The molecule has 0 aliphatic heterocycles. The van der Waals surface area contributed by atoms with Crippen molar-refractivity contribution in [1.29, 1.82) is 0 Å². The predicted molar refractivity (Wildman–Crippen MR) is 57.1 cm³/mol. The third-order valence-electron chi connectivity index (χ3n) is 2.53. The van der Waals surface area contributed by atoms with Gasteiger partial charge >= 0.3 is 0 Å². The molecular weight excluding hydrogens is 214 g/mol. The van der Waals surface area contributed by atoms with Crippen LogP contribution in [0.4, 0.5) is 0 Å². The number of nitrogens with one attached hydrogen (secondary N) is 1. The second-order valence-electron chi connectivity index (χ2n) is 4.15. The lowest BCUT2D eigenvalue weighted by atomic mass is 10.3. The van der Waals surface area contributed by atoms with Gasteiger partial charge in [-0.1, -0.05) is 0 Å². The molecule has 0 spiro atoms. The van der Waals surface area contributed by atoms with Crippen molar-refractivity contribution in [2.75, 3.05) is 13.2 Å². The van der Waals surface area contributed by atoms with E-state index >= 15 is 0 Å². The van der Waals surface area contributed by atoms with Gasteiger partial charge in [0.2, 0.25) is 5.88 Å². The average molecular weight is 229 g/mol. The van der Waals surface area contributed by atoms with Gasteiger partial charge in [-0.25, -0.2) is 0 Å². The highest BCUT2D eigenvalue weighted by Gasteiger charge is 2.36. The van der Waals surface area contributed by atoms with E-state index in [-0.39, 0.29) is 12.1 Å². The number of aliphatic hydroxyl groups excluding tert-OH is 1. The summed E-state index contributed by atoms with van der Waals surface area (Å²) in [5.74, 6) is 0.483. The summed E-state index contributed by atoms with van der Waals surface area (Å²) in [6.45, 7) is 2.98. The molecule has 0 aromatic carbocycles. The summed E-state index contributed by atoms with van der Waals surface area (Å²) < 4.78 is 12.9. The fourth-order valence-corrected chi connectivity index (χ4v) is 1.55. The third kappa shape index (κ3) is 3.40. The maximum Gasteiger partial charge on any atom is 0.245 e. The highest BCUT2D eigenvalue weighted by Crippen LogP contribution is 2.33. The average Bonchev–Trinajstić information content (AvgIpc) is 2.77. The molecule has 84 valence electrons. The van der Waals surface area contributed by atoms with Gasteiger partial charge in [-0.05, 0) is 19.8 Å². The van der Waals surface area contributed by atoms with Gasteiger partial charge in [-0.2, -0.15) is 4.37 Å². The molecule has 0 saturated heterocycles. The standard InChI is InChI=1S/C9H15N3O2S/c1-9(2-3-9)10-4-7(13)6-14-8-5-11-15-12-8/h5,7,10,13H,2-4,6H2,1H3. The molecule has 2 N–H and O–H groups in total. The number of aliphatic hydroxyl groups is 1. The van der Waals surface area contributed by atoms with Crippen LogP contribution in [0.15, 0.2) is 6.20 Å². The molecule has 1 aromatic heterocycles. The van der Waals surface area contributed by atoms with Crippen molar-refractivity contribution in [3.8, 4) is 5.88 Å². The molecule has 1 atom stereocenters. The first-order valence-corrected chi connectivity index (χ1v) is 5.74. The van der Waals surface area contributed by atoms with Gasteiger partial charge < -0.3 is 15.2 Å². The number of aromatic nitrogens is 2. The first-order valence-electron chi connectivity index (χ1n) is 5.01. The molecule has 0 amide bonds. The van der Waals surface area contributed by atoms with Crippen LogP contribution >= 0.6 is 11.7 Å². The van der Waals surface area contributed by atoms with Crippen molar-refractivity contribution in [2.24, 2.45) is 0 Å². The van der Waals surface area contributed by atoms with Gasteiger partial charge in [-0.15, -0.1) is 4.37 Å². The largest absolute Gasteiger partial charge is 0.473 e. The molecule has 0 bridgehead atoms. The van der Waals surface area contributed by atoms with Crippen molar-refractivity contribution in [2.45, 2.75) is 31.4 Å². The summed E-state index contributed by atoms with van der Waals surface area (Å²) >= 11 is 1.10. The zero-order chi connectivity index (χ0) is 10.7. The van der Waals surface area contributed by atoms with Crippen LogP contribution in [0, 0.1) is 0 Å². The summed E-state index contributed by atoms with van der Waals surface area (Å²) in [5, 5.41) is 12.9. The van der Waals surface area contributed by atoms with Crippen LogP contribution in [0.1, 0.15) is 19.8 Å². The summed E-state index contributed by atoms with van der Waals surface area (Å²) in [6.07, 6.45) is 3.43. The monoisotopic (exact) mass is 229 g/mol. The highest BCUT2D eigenvalue weighted by molar-refractivity contribution is 6.99. The molecule has 1 saturated carbocycles. The van der Waals surface area contributed by atoms with Crippen LogP contribution < -0.4 is 10.1 Å². The maximum absolute atomic E-state index is 9.61. The van der Waals surface area contributed by atoms with Crippen molar-refractivity contribution in [3.63, 3.8) is 0 Å². The van der Waals surface area contributed by atoms with Gasteiger partial charge in [0.15, 0.2) is 0 Å². The molecule has 1 aromatic rings. The Morgan fingerprint density at radius 1 is 1.73 bits per heavy atom. The maximum atomic E-state index is 9.61. The van der Waals surface area contributed by atoms with Gasteiger partial charge in [0.25, 0.3) is 0 Å². The van der Waals surface area contributed by atoms with E-state index in [1.54, 1.807) is 6.20 Å². The van der Waals surface area contributed by atoms with E-state index in [9.17, 15) is 5.11 Å². The van der Waals surface area contributed by atoms with E-state index in [2.05, 4.69) is 21.0 Å². The Bertz CT molecular complexity index is 300. The number of nitrogens with zero attached hydrogens (tertiary/aromatic N) is 2. The van der Waals surface area contributed by atoms with E-state index < -0.39 is 6.10 Å². The minimum absolute atomic E-state index is 0.253. The molecule has 6 heteroatoms. The summed E-state index contributed by atoms with van der Waals surface area (Å²) in [6, 6.07) is 0.